The van der Waals surface area contributed by atoms with E-state index in [1.165, 1.54) is 32.1 Å². The van der Waals surface area contributed by atoms with Crippen LogP contribution in [0, 0.1) is 5.41 Å². The number of hydrogen-bond acceptors (Lipinski definition) is 4. The largest absolute Gasteiger partial charge is 0.382 e. The zero-order valence-corrected chi connectivity index (χ0v) is 13.2. The predicted octanol–water partition coefficient (Wildman–Crippen LogP) is 2.37. The van der Waals surface area contributed by atoms with Crippen molar-refractivity contribution >= 4 is 0 Å². The highest BCUT2D eigenvalue weighted by molar-refractivity contribution is 5.09. The Morgan fingerprint density at radius 3 is 2.60 bits per heavy atom. The normalized spacial score (nSPS) is 27.9. The Labute approximate surface area is 123 Å². The van der Waals surface area contributed by atoms with Crippen molar-refractivity contribution in [2.75, 3.05) is 40.1 Å². The lowest BCUT2D eigenvalue weighted by Gasteiger charge is -2.54. The van der Waals surface area contributed by atoms with E-state index in [1.807, 2.05) is 0 Å². The molecule has 0 aromatic heterocycles. The van der Waals surface area contributed by atoms with Crippen LogP contribution in [0.15, 0.2) is 0 Å². The minimum atomic E-state index is 0.451. The first-order valence-electron chi connectivity index (χ1n) is 8.25. The van der Waals surface area contributed by atoms with Gasteiger partial charge in [0.25, 0.3) is 0 Å². The molecule has 2 aliphatic rings. The zero-order chi connectivity index (χ0) is 14.3. The average molecular weight is 285 g/mol. The van der Waals surface area contributed by atoms with Crippen LogP contribution in [0.2, 0.25) is 0 Å². The smallest absolute Gasteiger partial charge is 0.0700 e. The lowest BCUT2D eigenvalue weighted by molar-refractivity contribution is -0.135. The second-order valence-corrected chi connectivity index (χ2v) is 6.10. The van der Waals surface area contributed by atoms with Crippen LogP contribution in [0.5, 0.6) is 0 Å². The van der Waals surface area contributed by atoms with Gasteiger partial charge in [-0.2, -0.15) is 0 Å². The Hall–Kier alpha value is -0.160. The van der Waals surface area contributed by atoms with Crippen LogP contribution in [0.25, 0.3) is 0 Å². The van der Waals surface area contributed by atoms with Crippen molar-refractivity contribution in [1.29, 1.82) is 0 Å². The van der Waals surface area contributed by atoms with E-state index in [0.29, 0.717) is 30.8 Å². The van der Waals surface area contributed by atoms with Gasteiger partial charge in [0.05, 0.1) is 19.3 Å². The van der Waals surface area contributed by atoms with Crippen molar-refractivity contribution in [3.05, 3.63) is 0 Å². The molecule has 2 atom stereocenters. The molecule has 4 nitrogen and oxygen atoms in total. The Bertz CT molecular complexity index is 266. The summed E-state index contributed by atoms with van der Waals surface area (Å²) in [6.07, 6.45) is 8.11. The highest BCUT2D eigenvalue weighted by Crippen LogP contribution is 2.54. The summed E-state index contributed by atoms with van der Waals surface area (Å²) in [5.41, 5.74) is 0.451. The third kappa shape index (κ3) is 3.73. The molecule has 1 spiro atoms. The van der Waals surface area contributed by atoms with E-state index < -0.39 is 0 Å². The average Bonchev–Trinajstić information content (AvgIpc) is 2.96. The lowest BCUT2D eigenvalue weighted by Crippen LogP contribution is -2.62. The fourth-order valence-corrected chi connectivity index (χ4v) is 3.85. The van der Waals surface area contributed by atoms with Crippen molar-refractivity contribution in [2.45, 2.75) is 57.6 Å². The molecule has 2 saturated carbocycles. The zero-order valence-electron chi connectivity index (χ0n) is 13.2. The maximum absolute atomic E-state index is 6.15. The van der Waals surface area contributed by atoms with Crippen LogP contribution in [0.1, 0.15) is 45.4 Å². The molecule has 0 heterocycles. The predicted molar refractivity (Wildman–Crippen MR) is 80.0 cm³/mol. The number of rotatable bonds is 10. The van der Waals surface area contributed by atoms with Gasteiger partial charge in [-0.05, 0) is 32.2 Å². The summed E-state index contributed by atoms with van der Waals surface area (Å²) in [7, 11) is 1.70. The molecule has 0 saturated heterocycles. The maximum Gasteiger partial charge on any atom is 0.0700 e. The van der Waals surface area contributed by atoms with E-state index in [9.17, 15) is 0 Å². The van der Waals surface area contributed by atoms with Crippen LogP contribution in [0.3, 0.4) is 0 Å². The van der Waals surface area contributed by atoms with Gasteiger partial charge in [0.15, 0.2) is 0 Å². The monoisotopic (exact) mass is 285 g/mol. The van der Waals surface area contributed by atoms with Crippen molar-refractivity contribution in [3.63, 3.8) is 0 Å². The summed E-state index contributed by atoms with van der Waals surface area (Å²) in [6.45, 7) is 6.25. The molecular formula is C16H31NO3. The van der Waals surface area contributed by atoms with Crippen molar-refractivity contribution in [2.24, 2.45) is 5.41 Å². The fraction of sp³-hybridized carbons (Fsp3) is 1.00. The standard InChI is InChI=1S/C16H31NO3/c1-3-17-14-13-15(16(14)7-4-5-8-16)20-10-6-9-19-12-11-18-2/h14-15,17H,3-13H2,1-2H3. The topological polar surface area (TPSA) is 39.7 Å². The Morgan fingerprint density at radius 2 is 1.90 bits per heavy atom. The fourth-order valence-electron chi connectivity index (χ4n) is 3.85. The van der Waals surface area contributed by atoms with E-state index >= 15 is 0 Å². The van der Waals surface area contributed by atoms with E-state index in [4.69, 9.17) is 14.2 Å². The van der Waals surface area contributed by atoms with Gasteiger partial charge < -0.3 is 19.5 Å². The van der Waals surface area contributed by atoms with Crippen LogP contribution < -0.4 is 5.32 Å². The summed E-state index contributed by atoms with van der Waals surface area (Å²) in [4.78, 5) is 0. The minimum absolute atomic E-state index is 0.451. The number of hydrogen-bond donors (Lipinski definition) is 1. The SMILES string of the molecule is CCNC1CC(OCCCOCCOC)C12CCCC2. The van der Waals surface area contributed by atoms with Crippen LogP contribution in [0.4, 0.5) is 0 Å². The number of nitrogens with one attached hydrogen (secondary N) is 1. The first kappa shape index (κ1) is 16.2. The van der Waals surface area contributed by atoms with Gasteiger partial charge >= 0.3 is 0 Å². The maximum atomic E-state index is 6.15. The van der Waals surface area contributed by atoms with Crippen molar-refractivity contribution < 1.29 is 14.2 Å². The van der Waals surface area contributed by atoms with E-state index in [-0.39, 0.29) is 0 Å². The Morgan fingerprint density at radius 1 is 1.10 bits per heavy atom. The molecule has 1 N–H and O–H groups in total. The molecule has 0 bridgehead atoms. The first-order chi connectivity index (χ1) is 9.83. The summed E-state index contributed by atoms with van der Waals surface area (Å²) < 4.78 is 16.6. The second-order valence-electron chi connectivity index (χ2n) is 6.10. The molecule has 0 aliphatic heterocycles. The van der Waals surface area contributed by atoms with Gasteiger partial charge in [-0.1, -0.05) is 19.8 Å². The van der Waals surface area contributed by atoms with Crippen molar-refractivity contribution in [1.82, 2.24) is 5.32 Å². The molecular weight excluding hydrogens is 254 g/mol. The Kier molecular flexibility index (Phi) is 6.75. The van der Waals surface area contributed by atoms with Crippen molar-refractivity contribution in [3.8, 4) is 0 Å². The highest BCUT2D eigenvalue weighted by Gasteiger charge is 2.56. The van der Waals surface area contributed by atoms with Gasteiger partial charge in [-0.15, -0.1) is 0 Å². The third-order valence-corrected chi connectivity index (χ3v) is 4.95. The second kappa shape index (κ2) is 8.32. The molecule has 2 unspecified atom stereocenters. The van der Waals surface area contributed by atoms with E-state index in [0.717, 1.165) is 26.2 Å². The Balaban J connectivity index is 1.61. The third-order valence-electron chi connectivity index (χ3n) is 4.95. The molecule has 118 valence electrons. The molecule has 2 aliphatic carbocycles. The lowest BCUT2D eigenvalue weighted by atomic mass is 9.60. The van der Waals surface area contributed by atoms with E-state index in [2.05, 4.69) is 12.2 Å². The van der Waals surface area contributed by atoms with Gasteiger partial charge in [0.2, 0.25) is 0 Å². The molecule has 0 amide bonds. The van der Waals surface area contributed by atoms with Crippen LogP contribution in [-0.4, -0.2) is 52.2 Å². The summed E-state index contributed by atoms with van der Waals surface area (Å²) >= 11 is 0. The van der Waals surface area contributed by atoms with Gasteiger partial charge in [0, 0.05) is 31.8 Å². The summed E-state index contributed by atoms with van der Waals surface area (Å²) in [6, 6.07) is 0.693. The number of ether oxygens (including phenoxy) is 3. The van der Waals surface area contributed by atoms with Gasteiger partial charge in [0.1, 0.15) is 0 Å². The first-order valence-corrected chi connectivity index (χ1v) is 8.25. The van der Waals surface area contributed by atoms with Crippen LogP contribution >= 0.6 is 0 Å². The molecule has 0 aromatic carbocycles. The van der Waals surface area contributed by atoms with Crippen LogP contribution in [-0.2, 0) is 14.2 Å². The quantitative estimate of drug-likeness (QED) is 0.626. The van der Waals surface area contributed by atoms with Gasteiger partial charge in [-0.25, -0.2) is 0 Å². The molecule has 0 radical (unpaired) electrons. The molecule has 2 rings (SSSR count). The highest BCUT2D eigenvalue weighted by atomic mass is 16.5. The van der Waals surface area contributed by atoms with E-state index in [1.54, 1.807) is 7.11 Å². The summed E-state index contributed by atoms with van der Waals surface area (Å²) in [5.74, 6) is 0. The molecule has 2 fully saturated rings. The summed E-state index contributed by atoms with van der Waals surface area (Å²) in [5, 5.41) is 3.65. The molecule has 4 heteroatoms. The minimum Gasteiger partial charge on any atom is -0.382 e. The molecule has 20 heavy (non-hydrogen) atoms. The van der Waals surface area contributed by atoms with Gasteiger partial charge in [-0.3, -0.25) is 0 Å². The number of methoxy groups -OCH3 is 1. The molecule has 0 aromatic rings.